The van der Waals surface area contributed by atoms with Gasteiger partial charge in [-0.15, -0.1) is 11.3 Å². The van der Waals surface area contributed by atoms with Gasteiger partial charge in [0, 0.05) is 17.0 Å². The molecule has 1 aromatic rings. The molecule has 0 aromatic carbocycles. The Morgan fingerprint density at radius 3 is 2.64 bits per heavy atom. The highest BCUT2D eigenvalue weighted by Gasteiger charge is 2.40. The van der Waals surface area contributed by atoms with E-state index in [4.69, 9.17) is 5.26 Å². The van der Waals surface area contributed by atoms with Gasteiger partial charge in [0.15, 0.2) is 0 Å². The van der Waals surface area contributed by atoms with Gasteiger partial charge in [0.05, 0.1) is 16.5 Å². The minimum absolute atomic E-state index is 0.176. The Hall–Kier alpha value is -0.880. The van der Waals surface area contributed by atoms with E-state index in [1.54, 1.807) is 11.3 Å². The van der Waals surface area contributed by atoms with Crippen LogP contribution in [-0.2, 0) is 5.41 Å². The quantitative estimate of drug-likeness (QED) is 0.745. The van der Waals surface area contributed by atoms with Crippen molar-refractivity contribution in [1.82, 2.24) is 4.98 Å². The van der Waals surface area contributed by atoms with Crippen LogP contribution in [-0.4, -0.2) is 4.98 Å². The van der Waals surface area contributed by atoms with Crippen LogP contribution in [0, 0.1) is 11.3 Å². The van der Waals surface area contributed by atoms with Gasteiger partial charge >= 0.3 is 0 Å². The maximum Gasteiger partial charge on any atom is 0.0953 e. The third-order valence-corrected chi connectivity index (χ3v) is 4.41. The van der Waals surface area contributed by atoms with E-state index in [-0.39, 0.29) is 5.41 Å². The molecule has 0 amide bonds. The molecule has 1 aliphatic carbocycles. The molecule has 74 valence electrons. The molecule has 0 radical (unpaired) electrons. The van der Waals surface area contributed by atoms with E-state index in [0.29, 0.717) is 5.92 Å². The summed E-state index contributed by atoms with van der Waals surface area (Å²) in [4.78, 5) is 5.55. The molecule has 0 bridgehead atoms. The Labute approximate surface area is 88.6 Å². The summed E-state index contributed by atoms with van der Waals surface area (Å²) in [6.07, 6.45) is 5.12. The highest BCUT2D eigenvalue weighted by molar-refractivity contribution is 7.11. The second kappa shape index (κ2) is 3.36. The van der Waals surface area contributed by atoms with Gasteiger partial charge in [0.1, 0.15) is 0 Å². The molecule has 3 heteroatoms. The number of nitrogens with zero attached hydrogens (tertiary/aromatic N) is 2. The molecule has 14 heavy (non-hydrogen) atoms. The van der Waals surface area contributed by atoms with Gasteiger partial charge in [0.2, 0.25) is 0 Å². The third-order valence-electron chi connectivity index (χ3n) is 2.91. The van der Waals surface area contributed by atoms with Crippen molar-refractivity contribution in [3.63, 3.8) is 0 Å². The first-order chi connectivity index (χ1) is 6.68. The monoisotopic (exact) mass is 206 g/mol. The molecular weight excluding hydrogens is 192 g/mol. The first-order valence-corrected chi connectivity index (χ1v) is 5.87. The molecule has 1 saturated carbocycles. The second-order valence-corrected chi connectivity index (χ2v) is 5.33. The van der Waals surface area contributed by atoms with Gasteiger partial charge in [-0.05, 0) is 19.3 Å². The van der Waals surface area contributed by atoms with E-state index in [1.165, 1.54) is 11.3 Å². The van der Waals surface area contributed by atoms with E-state index in [1.807, 2.05) is 6.20 Å². The summed E-state index contributed by atoms with van der Waals surface area (Å²) in [6, 6.07) is 2.45. The van der Waals surface area contributed by atoms with E-state index in [0.717, 1.165) is 17.8 Å². The molecular formula is C11H14N2S. The summed E-state index contributed by atoms with van der Waals surface area (Å²) in [7, 11) is 0. The van der Waals surface area contributed by atoms with Crippen molar-refractivity contribution in [1.29, 1.82) is 5.26 Å². The Kier molecular flexibility index (Phi) is 2.32. The molecule has 1 heterocycles. The van der Waals surface area contributed by atoms with Crippen molar-refractivity contribution in [3.8, 4) is 6.07 Å². The molecule has 1 fully saturated rings. The highest BCUT2D eigenvalue weighted by atomic mass is 32.1. The SMILES string of the molecule is CC(C)c1ncc(C2(C#N)CCC2)s1. The molecule has 2 nitrogen and oxygen atoms in total. The van der Waals surface area contributed by atoms with E-state index in [2.05, 4.69) is 24.9 Å². The zero-order valence-corrected chi connectivity index (χ0v) is 9.40. The summed E-state index contributed by atoms with van der Waals surface area (Å²) >= 11 is 1.71. The van der Waals surface area contributed by atoms with Crippen molar-refractivity contribution < 1.29 is 0 Å². The smallest absolute Gasteiger partial charge is 0.0953 e. The van der Waals surface area contributed by atoms with E-state index >= 15 is 0 Å². The molecule has 0 aliphatic heterocycles. The van der Waals surface area contributed by atoms with Crippen molar-refractivity contribution in [2.45, 2.75) is 44.4 Å². The minimum Gasteiger partial charge on any atom is -0.249 e. The van der Waals surface area contributed by atoms with Crippen molar-refractivity contribution in [2.24, 2.45) is 0 Å². The summed E-state index contributed by atoms with van der Waals surface area (Å²) < 4.78 is 0. The van der Waals surface area contributed by atoms with Crippen LogP contribution in [0.3, 0.4) is 0 Å². The number of hydrogen-bond donors (Lipinski definition) is 0. The van der Waals surface area contributed by atoms with E-state index in [9.17, 15) is 0 Å². The molecule has 0 saturated heterocycles. The van der Waals surface area contributed by atoms with Crippen molar-refractivity contribution >= 4 is 11.3 Å². The molecule has 1 aromatic heterocycles. The highest BCUT2D eigenvalue weighted by Crippen LogP contribution is 2.45. The van der Waals surface area contributed by atoms with Crippen LogP contribution in [0.1, 0.15) is 48.9 Å². The molecule has 0 unspecified atom stereocenters. The number of rotatable bonds is 2. The Balaban J connectivity index is 2.29. The average Bonchev–Trinajstić information content (AvgIpc) is 2.52. The Bertz CT molecular complexity index is 369. The maximum atomic E-state index is 9.17. The van der Waals surface area contributed by atoms with Gasteiger partial charge in [-0.1, -0.05) is 13.8 Å². The van der Waals surface area contributed by atoms with Crippen LogP contribution in [0.15, 0.2) is 6.20 Å². The summed E-state index contributed by atoms with van der Waals surface area (Å²) in [5, 5.41) is 10.3. The van der Waals surface area contributed by atoms with Crippen LogP contribution >= 0.6 is 11.3 Å². The molecule has 0 spiro atoms. The third kappa shape index (κ3) is 1.34. The lowest BCUT2D eigenvalue weighted by atomic mass is 9.69. The lowest BCUT2D eigenvalue weighted by Gasteiger charge is -2.33. The van der Waals surface area contributed by atoms with Crippen LogP contribution in [0.5, 0.6) is 0 Å². The zero-order chi connectivity index (χ0) is 10.2. The number of thiazole rings is 1. The fourth-order valence-electron chi connectivity index (χ4n) is 1.72. The van der Waals surface area contributed by atoms with Gasteiger partial charge in [-0.25, -0.2) is 4.98 Å². The topological polar surface area (TPSA) is 36.7 Å². The van der Waals surface area contributed by atoms with Gasteiger partial charge in [-0.3, -0.25) is 0 Å². The van der Waals surface area contributed by atoms with Gasteiger partial charge in [0.25, 0.3) is 0 Å². The Morgan fingerprint density at radius 2 is 2.29 bits per heavy atom. The maximum absolute atomic E-state index is 9.17. The van der Waals surface area contributed by atoms with Crippen molar-refractivity contribution in [3.05, 3.63) is 16.1 Å². The predicted octanol–water partition coefficient (Wildman–Crippen LogP) is 3.21. The first-order valence-electron chi connectivity index (χ1n) is 5.05. The normalized spacial score (nSPS) is 19.0. The van der Waals surface area contributed by atoms with Crippen molar-refractivity contribution in [2.75, 3.05) is 0 Å². The van der Waals surface area contributed by atoms with Crippen LogP contribution in [0.2, 0.25) is 0 Å². The average molecular weight is 206 g/mol. The number of hydrogen-bond acceptors (Lipinski definition) is 3. The predicted molar refractivity (Wildman–Crippen MR) is 57.3 cm³/mol. The Morgan fingerprint density at radius 1 is 1.57 bits per heavy atom. The van der Waals surface area contributed by atoms with E-state index < -0.39 is 0 Å². The van der Waals surface area contributed by atoms with Gasteiger partial charge in [-0.2, -0.15) is 5.26 Å². The van der Waals surface area contributed by atoms with Crippen LogP contribution < -0.4 is 0 Å². The molecule has 0 N–H and O–H groups in total. The fourth-order valence-corrected chi connectivity index (χ4v) is 2.84. The number of aromatic nitrogens is 1. The summed E-state index contributed by atoms with van der Waals surface area (Å²) in [6.45, 7) is 4.28. The van der Waals surface area contributed by atoms with Crippen LogP contribution in [0.4, 0.5) is 0 Å². The molecule has 1 aliphatic rings. The zero-order valence-electron chi connectivity index (χ0n) is 8.58. The van der Waals surface area contributed by atoms with Crippen LogP contribution in [0.25, 0.3) is 0 Å². The molecule has 0 atom stereocenters. The largest absolute Gasteiger partial charge is 0.249 e. The standard InChI is InChI=1S/C11H14N2S/c1-8(2)10-13-6-9(14-10)11(7-12)4-3-5-11/h6,8H,3-5H2,1-2H3. The number of nitriles is 1. The molecule has 2 rings (SSSR count). The minimum atomic E-state index is -0.176. The second-order valence-electron chi connectivity index (χ2n) is 4.26. The van der Waals surface area contributed by atoms with Gasteiger partial charge < -0.3 is 0 Å². The fraction of sp³-hybridized carbons (Fsp3) is 0.636. The first kappa shape index (κ1) is 9.67. The summed E-state index contributed by atoms with van der Waals surface area (Å²) in [5.74, 6) is 0.476. The lowest BCUT2D eigenvalue weighted by Crippen LogP contribution is -2.31. The summed E-state index contributed by atoms with van der Waals surface area (Å²) in [5.41, 5.74) is -0.176. The lowest BCUT2D eigenvalue weighted by molar-refractivity contribution is 0.329.